The predicted octanol–water partition coefficient (Wildman–Crippen LogP) is 13.4. The molecule has 3 nitrogen and oxygen atoms in total. The van der Waals surface area contributed by atoms with Crippen LogP contribution < -0.4 is 0 Å². The molecule has 0 atom stereocenters. The van der Waals surface area contributed by atoms with Crippen molar-refractivity contribution in [1.29, 1.82) is 0 Å². The van der Waals surface area contributed by atoms with Crippen LogP contribution in [0.2, 0.25) is 0 Å². The summed E-state index contributed by atoms with van der Waals surface area (Å²) in [4.78, 5) is 5.27. The quantitative estimate of drug-likeness (QED) is 0.187. The highest BCUT2D eigenvalue weighted by molar-refractivity contribution is 7.27. The zero-order chi connectivity index (χ0) is 33.5. The van der Waals surface area contributed by atoms with Crippen molar-refractivity contribution in [2.45, 2.75) is 0 Å². The molecule has 7 aromatic carbocycles. The minimum Gasteiger partial charge on any atom is -0.456 e. The van der Waals surface area contributed by atoms with E-state index in [9.17, 15) is 0 Å². The second-order valence-corrected chi connectivity index (χ2v) is 14.1. The summed E-state index contributed by atoms with van der Waals surface area (Å²) in [6, 6.07) is 60.5. The number of aromatic nitrogens is 2. The monoisotopic (exact) mass is 668 g/mol. The summed E-state index contributed by atoms with van der Waals surface area (Å²) in [7, 11) is 0. The fraction of sp³-hybridized carbons (Fsp3) is 0. The van der Waals surface area contributed by atoms with E-state index in [1.165, 1.54) is 53.2 Å². The molecule has 0 N–H and O–H groups in total. The number of furan rings is 1. The number of benzene rings is 7. The maximum absolute atomic E-state index is 6.17. The molecule has 11 rings (SSSR count). The Balaban J connectivity index is 1.17. The summed E-state index contributed by atoms with van der Waals surface area (Å²) in [6.45, 7) is 0. The minimum absolute atomic E-state index is 0.884. The number of hydrogen-bond acceptors (Lipinski definition) is 3. The maximum atomic E-state index is 6.17. The summed E-state index contributed by atoms with van der Waals surface area (Å²) >= 11 is 1.90. The van der Waals surface area contributed by atoms with Gasteiger partial charge in [-0.25, -0.2) is 4.98 Å². The molecular formula is C47H28N2OS. The molecule has 4 heteroatoms. The number of nitrogens with zero attached hydrogens (tertiary/aromatic N) is 2. The highest BCUT2D eigenvalue weighted by Crippen LogP contribution is 2.46. The average molecular weight is 669 g/mol. The first-order valence-electron chi connectivity index (χ1n) is 17.2. The van der Waals surface area contributed by atoms with Gasteiger partial charge in [-0.1, -0.05) is 109 Å². The lowest BCUT2D eigenvalue weighted by Gasteiger charge is -2.11. The lowest BCUT2D eigenvalue weighted by Crippen LogP contribution is -1.92. The molecule has 0 saturated carbocycles. The van der Waals surface area contributed by atoms with Crippen LogP contribution in [0, 0.1) is 0 Å². The molecule has 0 amide bonds. The normalized spacial score (nSPS) is 11.9. The van der Waals surface area contributed by atoms with Gasteiger partial charge in [-0.3, -0.25) is 0 Å². The first kappa shape index (κ1) is 28.4. The Morgan fingerprint density at radius 1 is 0.431 bits per heavy atom. The maximum Gasteiger partial charge on any atom is 0.135 e. The topological polar surface area (TPSA) is 31.0 Å². The van der Waals surface area contributed by atoms with Crippen LogP contribution in [-0.2, 0) is 0 Å². The van der Waals surface area contributed by atoms with Gasteiger partial charge in [0.05, 0.1) is 22.4 Å². The Bertz CT molecular complexity index is 3130. The first-order chi connectivity index (χ1) is 25.3. The summed E-state index contributed by atoms with van der Waals surface area (Å²) in [5, 5.41) is 7.35. The van der Waals surface area contributed by atoms with E-state index in [0.717, 1.165) is 50.0 Å². The van der Waals surface area contributed by atoms with E-state index in [0.29, 0.717) is 0 Å². The van der Waals surface area contributed by atoms with Crippen molar-refractivity contribution in [2.24, 2.45) is 0 Å². The Kier molecular flexibility index (Phi) is 6.12. The number of rotatable bonds is 4. The lowest BCUT2D eigenvalue weighted by atomic mass is 9.98. The van der Waals surface area contributed by atoms with E-state index in [-0.39, 0.29) is 0 Å². The van der Waals surface area contributed by atoms with Gasteiger partial charge in [-0.2, -0.15) is 0 Å². The van der Waals surface area contributed by atoms with Crippen molar-refractivity contribution in [3.8, 4) is 39.3 Å². The molecule has 0 aliphatic carbocycles. The fourth-order valence-electron chi connectivity index (χ4n) is 7.87. The van der Waals surface area contributed by atoms with Gasteiger partial charge in [-0.15, -0.1) is 11.3 Å². The molecule has 0 bridgehead atoms. The zero-order valence-corrected chi connectivity index (χ0v) is 28.2. The molecule has 238 valence electrons. The van der Waals surface area contributed by atoms with Gasteiger partial charge in [0, 0.05) is 58.5 Å². The van der Waals surface area contributed by atoms with Crippen LogP contribution in [-0.4, -0.2) is 9.55 Å². The van der Waals surface area contributed by atoms with Crippen molar-refractivity contribution >= 4 is 75.3 Å². The molecule has 0 spiro atoms. The third kappa shape index (κ3) is 4.33. The molecule has 0 saturated heterocycles. The smallest absolute Gasteiger partial charge is 0.135 e. The first-order valence-corrected chi connectivity index (χ1v) is 18.0. The number of hydrogen-bond donors (Lipinski definition) is 0. The van der Waals surface area contributed by atoms with E-state index in [4.69, 9.17) is 9.40 Å². The zero-order valence-electron chi connectivity index (χ0n) is 27.4. The summed E-state index contributed by atoms with van der Waals surface area (Å²) in [5.41, 5.74) is 11.8. The van der Waals surface area contributed by atoms with Gasteiger partial charge in [0.1, 0.15) is 11.2 Å². The minimum atomic E-state index is 0.884. The van der Waals surface area contributed by atoms with Crippen LogP contribution in [0.1, 0.15) is 0 Å². The van der Waals surface area contributed by atoms with Gasteiger partial charge in [0.2, 0.25) is 0 Å². The van der Waals surface area contributed by atoms with E-state index in [1.807, 2.05) is 23.5 Å². The van der Waals surface area contributed by atoms with E-state index in [1.54, 1.807) is 0 Å². The van der Waals surface area contributed by atoms with Crippen molar-refractivity contribution in [3.63, 3.8) is 0 Å². The Morgan fingerprint density at radius 3 is 1.98 bits per heavy atom. The molecule has 4 heterocycles. The van der Waals surface area contributed by atoms with Gasteiger partial charge in [0.15, 0.2) is 0 Å². The lowest BCUT2D eigenvalue weighted by molar-refractivity contribution is 0.669. The highest BCUT2D eigenvalue weighted by atomic mass is 32.1. The largest absolute Gasteiger partial charge is 0.456 e. The second kappa shape index (κ2) is 11.0. The van der Waals surface area contributed by atoms with Crippen molar-refractivity contribution in [2.75, 3.05) is 0 Å². The average Bonchev–Trinajstić information content (AvgIpc) is 3.87. The second-order valence-electron chi connectivity index (χ2n) is 13.1. The molecule has 51 heavy (non-hydrogen) atoms. The van der Waals surface area contributed by atoms with E-state index >= 15 is 0 Å². The van der Waals surface area contributed by atoms with Gasteiger partial charge in [-0.05, 0) is 71.8 Å². The molecule has 0 fully saturated rings. The standard InChI is InChI=1S/C47H28N2OS/c1-3-12-29(13-4-1)39-27-31(28-40(48-39)30-22-25-44-38(26-30)34-16-8-10-21-43(34)50-44)33-18-11-19-35-36-23-24-42-45(47(36)51-46(33)35)37-17-7-9-20-41(37)49(42)32-14-5-2-6-15-32/h1-28H. The van der Waals surface area contributed by atoms with Gasteiger partial charge < -0.3 is 8.98 Å². The van der Waals surface area contributed by atoms with Gasteiger partial charge in [0.25, 0.3) is 0 Å². The van der Waals surface area contributed by atoms with Crippen LogP contribution in [0.4, 0.5) is 0 Å². The molecule has 0 radical (unpaired) electrons. The molecule has 0 aliphatic rings. The fourth-order valence-corrected chi connectivity index (χ4v) is 9.26. The third-order valence-corrected chi connectivity index (χ3v) is 11.5. The van der Waals surface area contributed by atoms with Gasteiger partial charge >= 0.3 is 0 Å². The van der Waals surface area contributed by atoms with Crippen LogP contribution in [0.15, 0.2) is 174 Å². The summed E-state index contributed by atoms with van der Waals surface area (Å²) < 4.78 is 11.2. The number of fused-ring (bicyclic) bond motifs is 10. The highest BCUT2D eigenvalue weighted by Gasteiger charge is 2.20. The molecule has 0 unspecified atom stereocenters. The molecular weight excluding hydrogens is 641 g/mol. The summed E-state index contributed by atoms with van der Waals surface area (Å²) in [6.07, 6.45) is 0. The van der Waals surface area contributed by atoms with Crippen LogP contribution in [0.25, 0.3) is 103 Å². The molecule has 11 aromatic rings. The van der Waals surface area contributed by atoms with E-state index in [2.05, 4.69) is 162 Å². The number of pyridine rings is 1. The SMILES string of the molecule is c1ccc(-c2cc(-c3cccc4c3sc3c4ccc4c3c3ccccc3n4-c3ccccc3)cc(-c3ccc4oc5ccccc5c4c3)n2)cc1. The van der Waals surface area contributed by atoms with E-state index < -0.39 is 0 Å². The van der Waals surface area contributed by atoms with Crippen LogP contribution in [0.3, 0.4) is 0 Å². The Morgan fingerprint density at radius 2 is 1.12 bits per heavy atom. The number of thiophene rings is 1. The molecule has 4 aromatic heterocycles. The Labute approximate surface area is 297 Å². The predicted molar refractivity (Wildman–Crippen MR) is 215 cm³/mol. The summed E-state index contributed by atoms with van der Waals surface area (Å²) in [5.74, 6) is 0. The van der Waals surface area contributed by atoms with Crippen molar-refractivity contribution in [1.82, 2.24) is 9.55 Å². The Hall–Kier alpha value is -6.49. The molecule has 0 aliphatic heterocycles. The number of para-hydroxylation sites is 3. The van der Waals surface area contributed by atoms with Crippen LogP contribution in [0.5, 0.6) is 0 Å². The van der Waals surface area contributed by atoms with Crippen molar-refractivity contribution < 1.29 is 4.42 Å². The van der Waals surface area contributed by atoms with Crippen LogP contribution >= 0.6 is 11.3 Å². The van der Waals surface area contributed by atoms with Crippen molar-refractivity contribution in [3.05, 3.63) is 170 Å². The third-order valence-electron chi connectivity index (χ3n) is 10.2.